The highest BCUT2D eigenvalue weighted by atomic mass is 32.1. The third-order valence-electron chi connectivity index (χ3n) is 3.49. The van der Waals surface area contributed by atoms with Gasteiger partial charge in [0.05, 0.1) is 6.04 Å². The lowest BCUT2D eigenvalue weighted by Gasteiger charge is -2.07. The van der Waals surface area contributed by atoms with E-state index < -0.39 is 0 Å². The van der Waals surface area contributed by atoms with Gasteiger partial charge >= 0.3 is 0 Å². The Kier molecular flexibility index (Phi) is 4.08. The number of nitrogens with two attached hydrogens (primary N) is 1. The van der Waals surface area contributed by atoms with Crippen molar-refractivity contribution in [2.24, 2.45) is 5.73 Å². The Bertz CT molecular complexity index is 722. The number of hydrogen-bond donors (Lipinski definition) is 1. The van der Waals surface area contributed by atoms with Gasteiger partial charge in [-0.25, -0.2) is 0 Å². The summed E-state index contributed by atoms with van der Waals surface area (Å²) in [5, 5.41) is 10.4. The molecule has 0 fully saturated rings. The van der Waals surface area contributed by atoms with Gasteiger partial charge in [-0.3, -0.25) is 0 Å². The van der Waals surface area contributed by atoms with Gasteiger partial charge in [-0.15, -0.1) is 10.2 Å². The Morgan fingerprint density at radius 2 is 1.71 bits per heavy atom. The molecule has 0 saturated carbocycles. The van der Waals surface area contributed by atoms with Gasteiger partial charge in [0.25, 0.3) is 0 Å². The van der Waals surface area contributed by atoms with Crippen molar-refractivity contribution in [2.45, 2.75) is 19.4 Å². The zero-order chi connectivity index (χ0) is 14.7. The highest BCUT2D eigenvalue weighted by Crippen LogP contribution is 2.30. The lowest BCUT2D eigenvalue weighted by atomic mass is 10.1. The third kappa shape index (κ3) is 2.86. The third-order valence-corrected chi connectivity index (χ3v) is 4.53. The molecule has 1 atom stereocenters. The van der Waals surface area contributed by atoms with Crippen LogP contribution in [0.5, 0.6) is 0 Å². The molecule has 1 heterocycles. The molecule has 3 nitrogen and oxygen atoms in total. The molecule has 0 amide bonds. The molecule has 0 aliphatic carbocycles. The van der Waals surface area contributed by atoms with E-state index in [4.69, 9.17) is 5.73 Å². The number of benzene rings is 2. The van der Waals surface area contributed by atoms with Gasteiger partial charge in [0.2, 0.25) is 0 Å². The number of nitrogens with zero attached hydrogens (tertiary/aromatic N) is 2. The fraction of sp³-hybridized carbons (Fsp3) is 0.176. The Hall–Kier alpha value is -2.04. The Balaban J connectivity index is 1.93. The molecule has 2 N–H and O–H groups in total. The van der Waals surface area contributed by atoms with E-state index in [1.165, 1.54) is 5.56 Å². The largest absolute Gasteiger partial charge is 0.318 e. The number of aromatic nitrogens is 2. The monoisotopic (exact) mass is 295 g/mol. The van der Waals surface area contributed by atoms with E-state index in [1.54, 1.807) is 11.3 Å². The summed E-state index contributed by atoms with van der Waals surface area (Å²) in [6, 6.07) is 18.1. The lowest BCUT2D eigenvalue weighted by Crippen LogP contribution is -2.11. The highest BCUT2D eigenvalue weighted by Gasteiger charge is 2.16. The van der Waals surface area contributed by atoms with Crippen LogP contribution in [0.3, 0.4) is 0 Å². The van der Waals surface area contributed by atoms with Gasteiger partial charge in [-0.2, -0.15) is 0 Å². The van der Waals surface area contributed by atoms with Gasteiger partial charge < -0.3 is 5.73 Å². The molecule has 21 heavy (non-hydrogen) atoms. The minimum atomic E-state index is -0.216. The smallest absolute Gasteiger partial charge is 0.148 e. The average Bonchev–Trinajstić information content (AvgIpc) is 3.04. The molecule has 1 aromatic heterocycles. The zero-order valence-corrected chi connectivity index (χ0v) is 12.7. The molecule has 3 rings (SSSR count). The van der Waals surface area contributed by atoms with Crippen LogP contribution in [0.15, 0.2) is 54.6 Å². The maximum atomic E-state index is 6.29. The summed E-state index contributed by atoms with van der Waals surface area (Å²) < 4.78 is 0. The molecule has 3 aromatic rings. The standard InChI is InChI=1S/C17H17N3S/c1-2-12-8-6-7-11-14(12)16-19-20-17(21-16)15(18)13-9-4-3-5-10-13/h3-11,15H,2,18H2,1H3. The van der Waals surface area contributed by atoms with Gasteiger partial charge in [0.15, 0.2) is 0 Å². The second-order valence-electron chi connectivity index (χ2n) is 4.84. The summed E-state index contributed by atoms with van der Waals surface area (Å²) in [6.45, 7) is 2.15. The van der Waals surface area contributed by atoms with E-state index in [1.807, 2.05) is 36.4 Å². The van der Waals surface area contributed by atoms with Crippen LogP contribution in [0.4, 0.5) is 0 Å². The Morgan fingerprint density at radius 1 is 1.00 bits per heavy atom. The maximum absolute atomic E-state index is 6.29. The second kappa shape index (κ2) is 6.16. The summed E-state index contributed by atoms with van der Waals surface area (Å²) in [7, 11) is 0. The number of hydrogen-bond acceptors (Lipinski definition) is 4. The fourth-order valence-corrected chi connectivity index (χ4v) is 3.24. The van der Waals surface area contributed by atoms with E-state index in [0.29, 0.717) is 0 Å². The average molecular weight is 295 g/mol. The molecule has 1 unspecified atom stereocenters. The first-order valence-electron chi connectivity index (χ1n) is 7.01. The Labute approximate surface area is 128 Å². The van der Waals surface area contributed by atoms with E-state index >= 15 is 0 Å². The van der Waals surface area contributed by atoms with E-state index in [9.17, 15) is 0 Å². The van der Waals surface area contributed by atoms with Gasteiger partial charge in [0.1, 0.15) is 10.0 Å². The van der Waals surface area contributed by atoms with Gasteiger partial charge in [-0.1, -0.05) is 72.9 Å². The van der Waals surface area contributed by atoms with Crippen LogP contribution in [-0.2, 0) is 6.42 Å². The number of rotatable bonds is 4. The predicted molar refractivity (Wildman–Crippen MR) is 87.2 cm³/mol. The van der Waals surface area contributed by atoms with Crippen molar-refractivity contribution < 1.29 is 0 Å². The quantitative estimate of drug-likeness (QED) is 0.796. The zero-order valence-electron chi connectivity index (χ0n) is 11.9. The van der Waals surface area contributed by atoms with Crippen LogP contribution in [0.2, 0.25) is 0 Å². The van der Waals surface area contributed by atoms with Crippen LogP contribution >= 0.6 is 11.3 Å². The van der Waals surface area contributed by atoms with Crippen molar-refractivity contribution in [2.75, 3.05) is 0 Å². The van der Waals surface area contributed by atoms with Crippen molar-refractivity contribution in [1.29, 1.82) is 0 Å². The molecule has 106 valence electrons. The fourth-order valence-electron chi connectivity index (χ4n) is 2.31. The minimum absolute atomic E-state index is 0.216. The summed E-state index contributed by atoms with van der Waals surface area (Å²) in [5.74, 6) is 0. The van der Waals surface area contributed by atoms with Gasteiger partial charge in [0, 0.05) is 5.56 Å². The van der Waals surface area contributed by atoms with E-state index in [-0.39, 0.29) is 6.04 Å². The maximum Gasteiger partial charge on any atom is 0.148 e. The van der Waals surface area contributed by atoms with Gasteiger partial charge in [-0.05, 0) is 17.5 Å². The van der Waals surface area contributed by atoms with Crippen molar-refractivity contribution in [3.8, 4) is 10.6 Å². The predicted octanol–water partition coefficient (Wildman–Crippen LogP) is 3.82. The molecule has 0 aliphatic heterocycles. The first-order chi connectivity index (χ1) is 10.3. The first kappa shape index (κ1) is 13.9. The van der Waals surface area contributed by atoms with Crippen LogP contribution < -0.4 is 5.73 Å². The normalized spacial score (nSPS) is 12.3. The van der Waals surface area contributed by atoms with Crippen LogP contribution in [0.25, 0.3) is 10.6 Å². The Morgan fingerprint density at radius 3 is 2.48 bits per heavy atom. The molecule has 0 bridgehead atoms. The molecule has 2 aromatic carbocycles. The summed E-state index contributed by atoms with van der Waals surface area (Å²) >= 11 is 1.57. The topological polar surface area (TPSA) is 51.8 Å². The molecule has 4 heteroatoms. The minimum Gasteiger partial charge on any atom is -0.318 e. The van der Waals surface area contributed by atoms with E-state index in [0.717, 1.165) is 27.6 Å². The molecular weight excluding hydrogens is 278 g/mol. The molecule has 0 saturated heterocycles. The highest BCUT2D eigenvalue weighted by molar-refractivity contribution is 7.14. The van der Waals surface area contributed by atoms with E-state index in [2.05, 4.69) is 35.3 Å². The second-order valence-corrected chi connectivity index (χ2v) is 5.85. The molecule has 0 aliphatic rings. The van der Waals surface area contributed by atoms with Crippen LogP contribution in [0.1, 0.15) is 29.1 Å². The molecule has 0 spiro atoms. The molecule has 0 radical (unpaired) electrons. The lowest BCUT2D eigenvalue weighted by molar-refractivity contribution is 0.831. The van der Waals surface area contributed by atoms with Crippen molar-refractivity contribution in [1.82, 2.24) is 10.2 Å². The SMILES string of the molecule is CCc1ccccc1-c1nnc(C(N)c2ccccc2)s1. The van der Waals surface area contributed by atoms with Crippen LogP contribution in [-0.4, -0.2) is 10.2 Å². The first-order valence-corrected chi connectivity index (χ1v) is 7.83. The van der Waals surface area contributed by atoms with Crippen molar-refractivity contribution in [3.05, 3.63) is 70.7 Å². The summed E-state index contributed by atoms with van der Waals surface area (Å²) in [4.78, 5) is 0. The van der Waals surface area contributed by atoms with Crippen molar-refractivity contribution in [3.63, 3.8) is 0 Å². The van der Waals surface area contributed by atoms with Crippen molar-refractivity contribution >= 4 is 11.3 Å². The summed E-state index contributed by atoms with van der Waals surface area (Å²) in [6.07, 6.45) is 0.982. The molecular formula is C17H17N3S. The summed E-state index contributed by atoms with van der Waals surface area (Å²) in [5.41, 5.74) is 9.79. The number of aryl methyl sites for hydroxylation is 1. The van der Waals surface area contributed by atoms with Crippen LogP contribution in [0, 0.1) is 0 Å².